The van der Waals surface area contributed by atoms with Crippen molar-refractivity contribution in [3.8, 4) is 0 Å². The minimum Gasteiger partial charge on any atom is -0.352 e. The van der Waals surface area contributed by atoms with E-state index in [1.54, 1.807) is 36.4 Å². The van der Waals surface area contributed by atoms with Crippen LogP contribution in [-0.4, -0.2) is 20.9 Å². The number of nitrogens with one attached hydrogen (secondary N) is 1. The van der Waals surface area contributed by atoms with Crippen LogP contribution in [0, 0.1) is 0 Å². The molecule has 1 amide bonds. The Labute approximate surface area is 138 Å². The van der Waals surface area contributed by atoms with Gasteiger partial charge in [-0.05, 0) is 48.4 Å². The van der Waals surface area contributed by atoms with Gasteiger partial charge < -0.3 is 5.32 Å². The SMILES string of the molecule is O=C(NCCc1ccc(S(=O)(=O)Cl)cc1)c1ccc(Cl)cc1. The van der Waals surface area contributed by atoms with Crippen LogP contribution in [0.5, 0.6) is 0 Å². The van der Waals surface area contributed by atoms with Gasteiger partial charge in [0.05, 0.1) is 4.90 Å². The summed E-state index contributed by atoms with van der Waals surface area (Å²) in [5, 5.41) is 3.36. The summed E-state index contributed by atoms with van der Waals surface area (Å²) in [4.78, 5) is 11.9. The third-order valence-corrected chi connectivity index (χ3v) is 4.63. The lowest BCUT2D eigenvalue weighted by Gasteiger charge is -2.06. The number of halogens is 2. The van der Waals surface area contributed by atoms with E-state index < -0.39 is 9.05 Å². The van der Waals surface area contributed by atoms with Gasteiger partial charge in [0.1, 0.15) is 0 Å². The molecular weight excluding hydrogens is 345 g/mol. The Balaban J connectivity index is 1.88. The van der Waals surface area contributed by atoms with Crippen molar-refractivity contribution in [2.45, 2.75) is 11.3 Å². The fourth-order valence-electron chi connectivity index (χ4n) is 1.84. The summed E-state index contributed by atoms with van der Waals surface area (Å²) in [6, 6.07) is 12.8. The second kappa shape index (κ2) is 7.13. The van der Waals surface area contributed by atoms with Crippen molar-refractivity contribution in [1.29, 1.82) is 0 Å². The second-order valence-corrected chi connectivity index (χ2v) is 7.60. The van der Waals surface area contributed by atoms with E-state index in [0.29, 0.717) is 23.6 Å². The van der Waals surface area contributed by atoms with Crippen molar-refractivity contribution in [1.82, 2.24) is 5.32 Å². The minimum atomic E-state index is -3.70. The minimum absolute atomic E-state index is 0.0584. The van der Waals surface area contributed by atoms with Gasteiger partial charge in [-0.1, -0.05) is 23.7 Å². The van der Waals surface area contributed by atoms with Crippen LogP contribution >= 0.6 is 22.3 Å². The van der Waals surface area contributed by atoms with E-state index in [-0.39, 0.29) is 10.8 Å². The number of carbonyl (C=O) groups excluding carboxylic acids is 1. The van der Waals surface area contributed by atoms with E-state index in [0.717, 1.165) is 5.56 Å². The van der Waals surface area contributed by atoms with Crippen LogP contribution in [0.4, 0.5) is 0 Å². The Morgan fingerprint density at radius 3 is 2.14 bits per heavy atom. The Morgan fingerprint density at radius 1 is 1.00 bits per heavy atom. The number of hydrogen-bond donors (Lipinski definition) is 1. The molecule has 0 heterocycles. The molecule has 7 heteroatoms. The summed E-state index contributed by atoms with van der Waals surface area (Å²) in [6.07, 6.45) is 0.585. The molecule has 0 aliphatic rings. The van der Waals surface area contributed by atoms with E-state index in [9.17, 15) is 13.2 Å². The van der Waals surface area contributed by atoms with Crippen LogP contribution in [0.15, 0.2) is 53.4 Å². The van der Waals surface area contributed by atoms with Crippen LogP contribution in [0.2, 0.25) is 5.02 Å². The van der Waals surface area contributed by atoms with Crippen LogP contribution in [0.25, 0.3) is 0 Å². The van der Waals surface area contributed by atoms with Gasteiger partial charge in [0.15, 0.2) is 0 Å². The number of benzene rings is 2. The monoisotopic (exact) mass is 357 g/mol. The molecule has 0 radical (unpaired) electrons. The molecule has 0 aromatic heterocycles. The molecule has 0 atom stereocenters. The average molecular weight is 358 g/mol. The summed E-state index contributed by atoms with van der Waals surface area (Å²) in [6.45, 7) is 0.439. The van der Waals surface area contributed by atoms with E-state index in [2.05, 4.69) is 5.32 Å². The fourth-order valence-corrected chi connectivity index (χ4v) is 2.74. The molecule has 0 spiro atoms. The molecule has 22 heavy (non-hydrogen) atoms. The standard InChI is InChI=1S/C15H13Cl2NO3S/c16-13-5-3-12(4-6-13)15(19)18-10-9-11-1-7-14(8-2-11)22(17,20)21/h1-8H,9-10H2,(H,18,19). The zero-order chi connectivity index (χ0) is 16.2. The molecule has 1 N–H and O–H groups in total. The van der Waals surface area contributed by atoms with Crippen LogP contribution < -0.4 is 5.32 Å². The van der Waals surface area contributed by atoms with Crippen molar-refractivity contribution >= 4 is 37.2 Å². The maximum atomic E-state index is 11.9. The number of rotatable bonds is 5. The van der Waals surface area contributed by atoms with Crippen molar-refractivity contribution < 1.29 is 13.2 Å². The van der Waals surface area contributed by atoms with Crippen molar-refractivity contribution in [3.63, 3.8) is 0 Å². The van der Waals surface area contributed by atoms with E-state index in [4.69, 9.17) is 22.3 Å². The van der Waals surface area contributed by atoms with Gasteiger partial charge in [-0.3, -0.25) is 4.79 Å². The Hall–Kier alpha value is -1.56. The van der Waals surface area contributed by atoms with Gasteiger partial charge >= 0.3 is 0 Å². The van der Waals surface area contributed by atoms with Crippen LogP contribution in [0.1, 0.15) is 15.9 Å². The predicted octanol–water partition coefficient (Wildman–Crippen LogP) is 3.24. The number of carbonyl (C=O) groups is 1. The molecule has 4 nitrogen and oxygen atoms in total. The lowest BCUT2D eigenvalue weighted by molar-refractivity contribution is 0.0954. The third-order valence-electron chi connectivity index (χ3n) is 3.01. The summed E-state index contributed by atoms with van der Waals surface area (Å²) < 4.78 is 22.3. The van der Waals surface area contributed by atoms with E-state index in [1.165, 1.54) is 12.1 Å². The van der Waals surface area contributed by atoms with Gasteiger partial charge in [-0.2, -0.15) is 0 Å². The van der Waals surface area contributed by atoms with Crippen molar-refractivity contribution in [2.24, 2.45) is 0 Å². The molecule has 0 saturated heterocycles. The molecule has 0 fully saturated rings. The number of hydrogen-bond acceptors (Lipinski definition) is 3. The smallest absolute Gasteiger partial charge is 0.261 e. The highest BCUT2D eigenvalue weighted by molar-refractivity contribution is 8.13. The quantitative estimate of drug-likeness (QED) is 0.835. The maximum absolute atomic E-state index is 11.9. The van der Waals surface area contributed by atoms with E-state index in [1.807, 2.05) is 0 Å². The lowest BCUT2D eigenvalue weighted by Crippen LogP contribution is -2.25. The molecule has 116 valence electrons. The molecule has 2 rings (SSSR count). The molecule has 2 aromatic carbocycles. The topological polar surface area (TPSA) is 63.2 Å². The zero-order valence-corrected chi connectivity index (χ0v) is 13.8. The second-order valence-electron chi connectivity index (χ2n) is 4.59. The third kappa shape index (κ3) is 4.73. The molecule has 0 bridgehead atoms. The maximum Gasteiger partial charge on any atom is 0.261 e. The number of amides is 1. The van der Waals surface area contributed by atoms with Gasteiger partial charge in [0.25, 0.3) is 15.0 Å². The van der Waals surface area contributed by atoms with Gasteiger partial charge in [-0.25, -0.2) is 8.42 Å². The molecular formula is C15H13Cl2NO3S. The molecule has 2 aromatic rings. The molecule has 0 unspecified atom stereocenters. The zero-order valence-electron chi connectivity index (χ0n) is 11.4. The lowest BCUT2D eigenvalue weighted by atomic mass is 10.1. The summed E-state index contributed by atoms with van der Waals surface area (Å²) in [5.74, 6) is -0.184. The van der Waals surface area contributed by atoms with Gasteiger partial charge in [0.2, 0.25) is 0 Å². The fraction of sp³-hybridized carbons (Fsp3) is 0.133. The highest BCUT2D eigenvalue weighted by atomic mass is 35.7. The predicted molar refractivity (Wildman–Crippen MR) is 87.0 cm³/mol. The first-order chi connectivity index (χ1) is 10.4. The van der Waals surface area contributed by atoms with Crippen LogP contribution in [0.3, 0.4) is 0 Å². The molecule has 0 aliphatic carbocycles. The molecule has 0 saturated carbocycles. The normalized spacial score (nSPS) is 11.2. The Kier molecular flexibility index (Phi) is 5.45. The summed E-state index contributed by atoms with van der Waals surface area (Å²) >= 11 is 5.76. The first-order valence-electron chi connectivity index (χ1n) is 6.43. The van der Waals surface area contributed by atoms with Crippen molar-refractivity contribution in [2.75, 3.05) is 6.54 Å². The summed E-state index contributed by atoms with van der Waals surface area (Å²) in [7, 11) is 1.54. The average Bonchev–Trinajstić information content (AvgIpc) is 2.47. The molecule has 0 aliphatic heterocycles. The van der Waals surface area contributed by atoms with Gasteiger partial charge in [0, 0.05) is 27.8 Å². The Bertz CT molecular complexity index is 756. The first-order valence-corrected chi connectivity index (χ1v) is 9.12. The van der Waals surface area contributed by atoms with Crippen molar-refractivity contribution in [3.05, 3.63) is 64.7 Å². The van der Waals surface area contributed by atoms with E-state index >= 15 is 0 Å². The van der Waals surface area contributed by atoms with Crippen LogP contribution in [-0.2, 0) is 15.5 Å². The Morgan fingerprint density at radius 2 is 1.59 bits per heavy atom. The first kappa shape index (κ1) is 16.8. The van der Waals surface area contributed by atoms with Gasteiger partial charge in [-0.15, -0.1) is 0 Å². The largest absolute Gasteiger partial charge is 0.352 e. The highest BCUT2D eigenvalue weighted by Crippen LogP contribution is 2.15. The highest BCUT2D eigenvalue weighted by Gasteiger charge is 2.09. The summed E-state index contributed by atoms with van der Waals surface area (Å²) in [5.41, 5.74) is 1.44.